The Balaban J connectivity index is 2.06. The van der Waals surface area contributed by atoms with Gasteiger partial charge in [-0.3, -0.25) is 0 Å². The number of nitrogens with two attached hydrogens (primary N) is 1. The summed E-state index contributed by atoms with van der Waals surface area (Å²) in [5, 5.41) is 0. The van der Waals surface area contributed by atoms with Crippen LogP contribution in [0, 0.1) is 6.92 Å². The lowest BCUT2D eigenvalue weighted by Gasteiger charge is -2.07. The summed E-state index contributed by atoms with van der Waals surface area (Å²) in [7, 11) is -3.47. The summed E-state index contributed by atoms with van der Waals surface area (Å²) < 4.78 is 26.8. The fourth-order valence-electron chi connectivity index (χ4n) is 1.77. The lowest BCUT2D eigenvalue weighted by atomic mass is 10.1. The summed E-state index contributed by atoms with van der Waals surface area (Å²) in [5.41, 5.74) is 8.47. The van der Waals surface area contributed by atoms with Crippen molar-refractivity contribution < 1.29 is 8.42 Å². The predicted molar refractivity (Wildman–Crippen MR) is 79.5 cm³/mol. The monoisotopic (exact) mass is 290 g/mol. The van der Waals surface area contributed by atoms with Crippen LogP contribution in [0.25, 0.3) is 0 Å². The minimum absolute atomic E-state index is 0.265. The van der Waals surface area contributed by atoms with Crippen LogP contribution in [0.5, 0.6) is 0 Å². The molecule has 4 nitrogen and oxygen atoms in total. The van der Waals surface area contributed by atoms with Gasteiger partial charge in [0.15, 0.2) is 0 Å². The Bertz CT molecular complexity index is 662. The van der Waals surface area contributed by atoms with E-state index in [4.69, 9.17) is 5.73 Å². The van der Waals surface area contributed by atoms with E-state index in [1.165, 1.54) is 0 Å². The first kappa shape index (κ1) is 14.7. The molecule has 0 atom stereocenters. The van der Waals surface area contributed by atoms with Crippen LogP contribution in [0.2, 0.25) is 0 Å². The Morgan fingerprint density at radius 3 is 2.05 bits per heavy atom. The molecule has 0 amide bonds. The highest BCUT2D eigenvalue weighted by atomic mass is 32.2. The van der Waals surface area contributed by atoms with E-state index < -0.39 is 10.0 Å². The molecule has 0 spiro atoms. The normalized spacial score (nSPS) is 11.5. The Morgan fingerprint density at radius 1 is 0.950 bits per heavy atom. The van der Waals surface area contributed by atoms with Crippen LogP contribution in [0.15, 0.2) is 53.4 Å². The number of hydrogen-bond donors (Lipinski definition) is 2. The maximum atomic E-state index is 12.1. The second-order valence-electron chi connectivity index (χ2n) is 4.66. The third kappa shape index (κ3) is 3.66. The van der Waals surface area contributed by atoms with Crippen molar-refractivity contribution in [2.45, 2.75) is 24.9 Å². The van der Waals surface area contributed by atoms with E-state index in [0.717, 1.165) is 16.7 Å². The summed E-state index contributed by atoms with van der Waals surface area (Å²) >= 11 is 0. The van der Waals surface area contributed by atoms with Crippen molar-refractivity contribution in [2.24, 2.45) is 5.73 Å². The average molecular weight is 290 g/mol. The van der Waals surface area contributed by atoms with E-state index >= 15 is 0 Å². The van der Waals surface area contributed by atoms with Crippen molar-refractivity contribution in [1.29, 1.82) is 0 Å². The van der Waals surface area contributed by atoms with Gasteiger partial charge < -0.3 is 5.73 Å². The lowest BCUT2D eigenvalue weighted by molar-refractivity contribution is 0.581. The molecule has 0 bridgehead atoms. The van der Waals surface area contributed by atoms with Gasteiger partial charge in [-0.05, 0) is 30.2 Å². The van der Waals surface area contributed by atoms with E-state index in [-0.39, 0.29) is 11.4 Å². The molecular formula is C15H18N2O2S. The molecule has 0 aliphatic heterocycles. The molecule has 0 fully saturated rings. The smallest absolute Gasteiger partial charge is 0.240 e. The highest BCUT2D eigenvalue weighted by molar-refractivity contribution is 7.89. The molecule has 0 aliphatic carbocycles. The van der Waals surface area contributed by atoms with E-state index in [0.29, 0.717) is 6.54 Å². The van der Waals surface area contributed by atoms with Crippen LogP contribution in [-0.4, -0.2) is 8.42 Å². The number of sulfonamides is 1. The third-order valence-electron chi connectivity index (χ3n) is 3.06. The van der Waals surface area contributed by atoms with Crippen LogP contribution in [-0.2, 0) is 23.1 Å². The van der Waals surface area contributed by atoms with E-state index in [1.54, 1.807) is 24.3 Å². The number of benzene rings is 2. The van der Waals surface area contributed by atoms with Crippen LogP contribution in [0.3, 0.4) is 0 Å². The van der Waals surface area contributed by atoms with Gasteiger partial charge in [-0.25, -0.2) is 13.1 Å². The lowest BCUT2D eigenvalue weighted by Crippen LogP contribution is -2.23. The van der Waals surface area contributed by atoms with Crippen LogP contribution in [0.4, 0.5) is 0 Å². The summed E-state index contributed by atoms with van der Waals surface area (Å²) in [6, 6.07) is 14.3. The van der Waals surface area contributed by atoms with Crippen LogP contribution >= 0.6 is 0 Å². The van der Waals surface area contributed by atoms with Crippen molar-refractivity contribution in [3.8, 4) is 0 Å². The highest BCUT2D eigenvalue weighted by Crippen LogP contribution is 2.11. The molecule has 0 aromatic heterocycles. The van der Waals surface area contributed by atoms with E-state index in [1.807, 2.05) is 31.2 Å². The fraction of sp³-hybridized carbons (Fsp3) is 0.200. The number of nitrogens with one attached hydrogen (secondary N) is 1. The van der Waals surface area contributed by atoms with Gasteiger partial charge >= 0.3 is 0 Å². The van der Waals surface area contributed by atoms with Crippen LogP contribution < -0.4 is 10.5 Å². The summed E-state index contributed by atoms with van der Waals surface area (Å²) in [6.45, 7) is 2.67. The molecule has 3 N–H and O–H groups in total. The molecule has 106 valence electrons. The Labute approximate surface area is 119 Å². The van der Waals surface area contributed by atoms with Crippen molar-refractivity contribution in [1.82, 2.24) is 4.72 Å². The van der Waals surface area contributed by atoms with Crippen molar-refractivity contribution in [3.05, 3.63) is 65.2 Å². The average Bonchev–Trinajstić information content (AvgIpc) is 2.46. The zero-order chi connectivity index (χ0) is 14.6. The maximum absolute atomic E-state index is 12.1. The van der Waals surface area contributed by atoms with Crippen molar-refractivity contribution in [2.75, 3.05) is 0 Å². The van der Waals surface area contributed by atoms with Gasteiger partial charge in [0.25, 0.3) is 0 Å². The van der Waals surface area contributed by atoms with Crippen LogP contribution in [0.1, 0.15) is 16.7 Å². The van der Waals surface area contributed by atoms with E-state index in [9.17, 15) is 8.42 Å². The molecule has 20 heavy (non-hydrogen) atoms. The van der Waals surface area contributed by atoms with Gasteiger partial charge in [0, 0.05) is 13.1 Å². The summed E-state index contributed by atoms with van der Waals surface area (Å²) in [5.74, 6) is 0. The number of hydrogen-bond acceptors (Lipinski definition) is 3. The van der Waals surface area contributed by atoms with Gasteiger partial charge in [-0.1, -0.05) is 42.0 Å². The third-order valence-corrected chi connectivity index (χ3v) is 4.47. The Hall–Kier alpha value is -1.69. The fourth-order valence-corrected chi connectivity index (χ4v) is 2.79. The molecule has 0 aliphatic rings. The van der Waals surface area contributed by atoms with E-state index in [2.05, 4.69) is 4.72 Å². The first-order valence-electron chi connectivity index (χ1n) is 6.35. The highest BCUT2D eigenvalue weighted by Gasteiger charge is 2.12. The SMILES string of the molecule is Cc1ccc(S(=O)(=O)NCc2ccc(CN)cc2)cc1. The summed E-state index contributed by atoms with van der Waals surface area (Å²) in [4.78, 5) is 0.279. The predicted octanol–water partition coefficient (Wildman–Crippen LogP) is 1.93. The second kappa shape index (κ2) is 6.17. The first-order valence-corrected chi connectivity index (χ1v) is 7.84. The zero-order valence-corrected chi connectivity index (χ0v) is 12.2. The van der Waals surface area contributed by atoms with Crippen molar-refractivity contribution in [3.63, 3.8) is 0 Å². The summed E-state index contributed by atoms with van der Waals surface area (Å²) in [6.07, 6.45) is 0. The Kier molecular flexibility index (Phi) is 4.54. The van der Waals surface area contributed by atoms with Gasteiger partial charge in [-0.2, -0.15) is 0 Å². The van der Waals surface area contributed by atoms with Gasteiger partial charge in [-0.15, -0.1) is 0 Å². The zero-order valence-electron chi connectivity index (χ0n) is 11.3. The first-order chi connectivity index (χ1) is 9.51. The molecule has 0 unspecified atom stereocenters. The van der Waals surface area contributed by atoms with Gasteiger partial charge in [0.1, 0.15) is 0 Å². The minimum Gasteiger partial charge on any atom is -0.326 e. The molecule has 2 aromatic carbocycles. The quantitative estimate of drug-likeness (QED) is 0.884. The minimum atomic E-state index is -3.47. The molecule has 0 saturated heterocycles. The molecular weight excluding hydrogens is 272 g/mol. The maximum Gasteiger partial charge on any atom is 0.240 e. The largest absolute Gasteiger partial charge is 0.326 e. The molecule has 0 radical (unpaired) electrons. The molecule has 0 saturated carbocycles. The number of aryl methyl sites for hydroxylation is 1. The number of rotatable bonds is 5. The Morgan fingerprint density at radius 2 is 1.50 bits per heavy atom. The molecule has 0 heterocycles. The van der Waals surface area contributed by atoms with Gasteiger partial charge in [0.05, 0.1) is 4.90 Å². The standard InChI is InChI=1S/C15H18N2O2S/c1-12-2-8-15(9-3-12)20(18,19)17-11-14-6-4-13(10-16)5-7-14/h2-9,17H,10-11,16H2,1H3. The topological polar surface area (TPSA) is 72.2 Å². The second-order valence-corrected chi connectivity index (χ2v) is 6.43. The van der Waals surface area contributed by atoms with Gasteiger partial charge in [0.2, 0.25) is 10.0 Å². The molecule has 5 heteroatoms. The molecule has 2 aromatic rings. The molecule has 2 rings (SSSR count). The van der Waals surface area contributed by atoms with Crippen molar-refractivity contribution >= 4 is 10.0 Å².